The van der Waals surface area contributed by atoms with Crippen molar-refractivity contribution in [2.24, 2.45) is 0 Å². The summed E-state index contributed by atoms with van der Waals surface area (Å²) in [7, 11) is 1.06. The van der Waals surface area contributed by atoms with Crippen LogP contribution in [0.2, 0.25) is 0 Å². The van der Waals surface area contributed by atoms with E-state index in [0.29, 0.717) is 12.1 Å². The third-order valence-electron chi connectivity index (χ3n) is 2.61. The highest BCUT2D eigenvalue weighted by Gasteiger charge is 2.35. The number of hydrogen-bond acceptors (Lipinski definition) is 4. The lowest BCUT2D eigenvalue weighted by atomic mass is 9.99. The molecule has 0 aliphatic heterocycles. The van der Waals surface area contributed by atoms with Gasteiger partial charge in [-0.15, -0.1) is 0 Å². The SMILES string of the molecule is COC(=O)CC(O)C(O)c1ccc(F)c(C(F)(F)F)c1. The van der Waals surface area contributed by atoms with E-state index in [9.17, 15) is 32.6 Å². The second kappa shape index (κ2) is 6.19. The van der Waals surface area contributed by atoms with E-state index >= 15 is 0 Å². The molecule has 2 atom stereocenters. The van der Waals surface area contributed by atoms with Gasteiger partial charge in [0.1, 0.15) is 11.9 Å². The molecule has 112 valence electrons. The van der Waals surface area contributed by atoms with Gasteiger partial charge < -0.3 is 14.9 Å². The van der Waals surface area contributed by atoms with E-state index in [2.05, 4.69) is 4.74 Å². The van der Waals surface area contributed by atoms with Crippen molar-refractivity contribution in [2.75, 3.05) is 7.11 Å². The molecular formula is C12H12F4O4. The minimum atomic E-state index is -4.92. The molecule has 0 aliphatic carbocycles. The van der Waals surface area contributed by atoms with E-state index in [0.717, 1.165) is 13.2 Å². The Hall–Kier alpha value is -1.67. The van der Waals surface area contributed by atoms with Crippen molar-refractivity contribution < 1.29 is 37.3 Å². The third-order valence-corrected chi connectivity index (χ3v) is 2.61. The fourth-order valence-corrected chi connectivity index (χ4v) is 1.53. The van der Waals surface area contributed by atoms with Gasteiger partial charge in [0.2, 0.25) is 0 Å². The number of carbonyl (C=O) groups excluding carboxylic acids is 1. The van der Waals surface area contributed by atoms with Gasteiger partial charge in [-0.05, 0) is 17.7 Å². The van der Waals surface area contributed by atoms with Crippen molar-refractivity contribution in [1.29, 1.82) is 0 Å². The minimum absolute atomic E-state index is 0.352. The minimum Gasteiger partial charge on any atom is -0.469 e. The molecule has 0 aromatic heterocycles. The largest absolute Gasteiger partial charge is 0.469 e. The van der Waals surface area contributed by atoms with Crippen molar-refractivity contribution >= 4 is 5.97 Å². The predicted molar refractivity (Wildman–Crippen MR) is 59.0 cm³/mol. The molecule has 1 aromatic carbocycles. The third kappa shape index (κ3) is 3.91. The van der Waals surface area contributed by atoms with Crippen molar-refractivity contribution in [2.45, 2.75) is 24.8 Å². The van der Waals surface area contributed by atoms with Gasteiger partial charge in [-0.3, -0.25) is 4.79 Å². The number of methoxy groups -OCH3 is 1. The van der Waals surface area contributed by atoms with E-state index in [1.807, 2.05) is 0 Å². The summed E-state index contributed by atoms with van der Waals surface area (Å²) in [6, 6.07) is 1.82. The van der Waals surface area contributed by atoms with Crippen LogP contribution < -0.4 is 0 Å². The number of alkyl halides is 3. The monoisotopic (exact) mass is 296 g/mol. The molecule has 20 heavy (non-hydrogen) atoms. The second-order valence-electron chi connectivity index (χ2n) is 4.03. The van der Waals surface area contributed by atoms with Crippen LogP contribution in [0.3, 0.4) is 0 Å². The molecule has 0 aliphatic rings. The topological polar surface area (TPSA) is 66.8 Å². The first-order valence-corrected chi connectivity index (χ1v) is 5.46. The first-order valence-electron chi connectivity index (χ1n) is 5.46. The molecule has 4 nitrogen and oxygen atoms in total. The molecule has 0 spiro atoms. The number of hydrogen-bond donors (Lipinski definition) is 2. The van der Waals surface area contributed by atoms with Gasteiger partial charge in [-0.2, -0.15) is 13.2 Å². The number of halogens is 4. The van der Waals surface area contributed by atoms with E-state index < -0.39 is 42.2 Å². The normalized spacial score (nSPS) is 14.8. The fraction of sp³-hybridized carbons (Fsp3) is 0.417. The second-order valence-corrected chi connectivity index (χ2v) is 4.03. The molecule has 0 saturated carbocycles. The molecule has 8 heteroatoms. The summed E-state index contributed by atoms with van der Waals surface area (Å²) in [4.78, 5) is 10.9. The van der Waals surface area contributed by atoms with Gasteiger partial charge in [0.15, 0.2) is 0 Å². The van der Waals surface area contributed by atoms with Gasteiger partial charge in [0, 0.05) is 0 Å². The number of rotatable bonds is 4. The van der Waals surface area contributed by atoms with Crippen molar-refractivity contribution in [1.82, 2.24) is 0 Å². The maximum atomic E-state index is 13.1. The Morgan fingerprint density at radius 2 is 1.95 bits per heavy atom. The lowest BCUT2D eigenvalue weighted by Crippen LogP contribution is -2.23. The zero-order valence-electron chi connectivity index (χ0n) is 10.3. The molecule has 0 radical (unpaired) electrons. The predicted octanol–water partition coefficient (Wildman–Crippen LogP) is 1.80. The number of carbonyl (C=O) groups is 1. The Kier molecular flexibility index (Phi) is 5.07. The Balaban J connectivity index is 2.99. The Morgan fingerprint density at radius 3 is 2.45 bits per heavy atom. The molecule has 1 rings (SSSR count). The summed E-state index contributed by atoms with van der Waals surface area (Å²) in [5.41, 5.74) is -1.91. The highest BCUT2D eigenvalue weighted by molar-refractivity contribution is 5.69. The first kappa shape index (κ1) is 16.4. The number of aliphatic hydroxyl groups excluding tert-OH is 2. The molecule has 0 saturated heterocycles. The van der Waals surface area contributed by atoms with Gasteiger partial charge in [0.05, 0.1) is 25.2 Å². The van der Waals surface area contributed by atoms with Crippen LogP contribution in [0.15, 0.2) is 18.2 Å². The smallest absolute Gasteiger partial charge is 0.419 e. The van der Waals surface area contributed by atoms with Crippen molar-refractivity contribution in [3.8, 4) is 0 Å². The van der Waals surface area contributed by atoms with E-state index in [1.165, 1.54) is 0 Å². The van der Waals surface area contributed by atoms with E-state index in [4.69, 9.17) is 0 Å². The molecule has 0 bridgehead atoms. The Bertz CT molecular complexity index is 487. The van der Waals surface area contributed by atoms with Crippen LogP contribution in [0.25, 0.3) is 0 Å². The summed E-state index contributed by atoms with van der Waals surface area (Å²) < 4.78 is 54.8. The van der Waals surface area contributed by atoms with Gasteiger partial charge in [-0.1, -0.05) is 6.07 Å². The van der Waals surface area contributed by atoms with Crippen LogP contribution in [0, 0.1) is 5.82 Å². The lowest BCUT2D eigenvalue weighted by Gasteiger charge is -2.18. The van der Waals surface area contributed by atoms with Crippen LogP contribution in [-0.2, 0) is 15.7 Å². The fourth-order valence-electron chi connectivity index (χ4n) is 1.53. The molecule has 0 heterocycles. The molecule has 2 N–H and O–H groups in total. The highest BCUT2D eigenvalue weighted by Crippen LogP contribution is 2.33. The van der Waals surface area contributed by atoms with E-state index in [-0.39, 0.29) is 5.56 Å². The molecular weight excluding hydrogens is 284 g/mol. The average molecular weight is 296 g/mol. The molecule has 1 aromatic rings. The van der Waals surface area contributed by atoms with Gasteiger partial charge >= 0.3 is 12.1 Å². The van der Waals surface area contributed by atoms with E-state index in [1.54, 1.807) is 0 Å². The standard InChI is InChI=1S/C12H12F4O4/c1-20-10(18)5-9(17)11(19)6-2-3-8(13)7(4-6)12(14,15)16/h2-4,9,11,17,19H,5H2,1H3. The number of ether oxygens (including phenoxy) is 1. The Morgan fingerprint density at radius 1 is 1.35 bits per heavy atom. The highest BCUT2D eigenvalue weighted by atomic mass is 19.4. The summed E-state index contributed by atoms with van der Waals surface area (Å²) in [6.45, 7) is 0. The number of benzene rings is 1. The summed E-state index contributed by atoms with van der Waals surface area (Å²) in [6.07, 6.45) is -8.95. The zero-order chi connectivity index (χ0) is 15.5. The number of esters is 1. The van der Waals surface area contributed by atoms with Crippen molar-refractivity contribution in [3.63, 3.8) is 0 Å². The zero-order valence-corrected chi connectivity index (χ0v) is 10.3. The molecule has 2 unspecified atom stereocenters. The average Bonchev–Trinajstić information content (AvgIpc) is 2.36. The Labute approximate surface area is 111 Å². The van der Waals surface area contributed by atoms with Crippen LogP contribution in [0.1, 0.15) is 23.7 Å². The van der Waals surface area contributed by atoms with Crippen LogP contribution in [-0.4, -0.2) is 29.4 Å². The summed E-state index contributed by atoms with van der Waals surface area (Å²) >= 11 is 0. The number of aliphatic hydroxyl groups is 2. The first-order chi connectivity index (χ1) is 9.16. The van der Waals surface area contributed by atoms with Gasteiger partial charge in [-0.25, -0.2) is 4.39 Å². The quantitative estimate of drug-likeness (QED) is 0.657. The van der Waals surface area contributed by atoms with Crippen LogP contribution >= 0.6 is 0 Å². The summed E-state index contributed by atoms with van der Waals surface area (Å²) in [5, 5.41) is 19.2. The van der Waals surface area contributed by atoms with Crippen LogP contribution in [0.5, 0.6) is 0 Å². The molecule has 0 amide bonds. The maximum Gasteiger partial charge on any atom is 0.419 e. The maximum absolute atomic E-state index is 13.1. The molecule has 0 fully saturated rings. The van der Waals surface area contributed by atoms with Crippen molar-refractivity contribution in [3.05, 3.63) is 35.1 Å². The lowest BCUT2D eigenvalue weighted by molar-refractivity contribution is -0.145. The van der Waals surface area contributed by atoms with Gasteiger partial charge in [0.25, 0.3) is 0 Å². The van der Waals surface area contributed by atoms with Crippen LogP contribution in [0.4, 0.5) is 17.6 Å². The summed E-state index contributed by atoms with van der Waals surface area (Å²) in [5.74, 6) is -2.33.